The van der Waals surface area contributed by atoms with Crippen molar-refractivity contribution >= 4 is 35.7 Å². The standard InChI is InChI=1S/C23H25ClN2O3.ClH/c1-2-28-23(27)19-11-8-14-26(17-19)15-16-29-25-22(18-9-4-3-5-10-18)20-12-6-7-13-21(20)24;/h3-7,9-13H,2,8,14-17H2,1H3;1H. The van der Waals surface area contributed by atoms with E-state index in [2.05, 4.69) is 10.1 Å². The van der Waals surface area contributed by atoms with Crippen molar-refractivity contribution in [2.24, 2.45) is 5.16 Å². The first-order valence-corrected chi connectivity index (χ1v) is 10.2. The van der Waals surface area contributed by atoms with Gasteiger partial charge in [0.05, 0.1) is 11.6 Å². The van der Waals surface area contributed by atoms with Crippen LogP contribution in [0.15, 0.2) is 71.4 Å². The van der Waals surface area contributed by atoms with Gasteiger partial charge in [-0.25, -0.2) is 4.79 Å². The predicted molar refractivity (Wildman–Crippen MR) is 123 cm³/mol. The van der Waals surface area contributed by atoms with Crippen LogP contribution >= 0.6 is 24.0 Å². The van der Waals surface area contributed by atoms with Gasteiger partial charge in [0.25, 0.3) is 0 Å². The molecule has 3 rings (SSSR count). The number of hydrogen-bond acceptors (Lipinski definition) is 5. The molecule has 0 unspecified atom stereocenters. The molecule has 1 heterocycles. The number of rotatable bonds is 8. The third-order valence-electron chi connectivity index (χ3n) is 4.60. The molecule has 30 heavy (non-hydrogen) atoms. The third kappa shape index (κ3) is 6.59. The normalized spacial score (nSPS) is 14.5. The summed E-state index contributed by atoms with van der Waals surface area (Å²) in [5.41, 5.74) is 3.17. The lowest BCUT2D eigenvalue weighted by atomic mass is 10.0. The molecule has 7 heteroatoms. The summed E-state index contributed by atoms with van der Waals surface area (Å²) in [6.07, 6.45) is 2.78. The molecule has 5 nitrogen and oxygen atoms in total. The maximum absolute atomic E-state index is 11.9. The van der Waals surface area contributed by atoms with Crippen molar-refractivity contribution in [3.8, 4) is 0 Å². The molecule has 2 aromatic carbocycles. The number of ether oxygens (including phenoxy) is 1. The number of benzene rings is 2. The van der Waals surface area contributed by atoms with Gasteiger partial charge in [-0.15, -0.1) is 12.4 Å². The molecule has 0 aromatic heterocycles. The van der Waals surface area contributed by atoms with Gasteiger partial charge in [-0.3, -0.25) is 4.90 Å². The van der Waals surface area contributed by atoms with Crippen LogP contribution < -0.4 is 0 Å². The van der Waals surface area contributed by atoms with E-state index in [4.69, 9.17) is 21.2 Å². The second-order valence-electron chi connectivity index (χ2n) is 6.63. The molecule has 0 atom stereocenters. The van der Waals surface area contributed by atoms with E-state index in [-0.39, 0.29) is 18.4 Å². The van der Waals surface area contributed by atoms with Crippen molar-refractivity contribution in [1.82, 2.24) is 4.90 Å². The predicted octanol–water partition coefficient (Wildman–Crippen LogP) is 4.73. The van der Waals surface area contributed by atoms with Gasteiger partial charge >= 0.3 is 5.97 Å². The van der Waals surface area contributed by atoms with Crippen molar-refractivity contribution in [2.75, 3.05) is 32.8 Å². The minimum absolute atomic E-state index is 0. The van der Waals surface area contributed by atoms with Gasteiger partial charge in [-0.2, -0.15) is 0 Å². The monoisotopic (exact) mass is 448 g/mol. The minimum atomic E-state index is -0.235. The number of carbonyl (C=O) groups excluding carboxylic acids is 1. The molecular formula is C23H26Cl2N2O3. The zero-order valence-electron chi connectivity index (χ0n) is 16.9. The van der Waals surface area contributed by atoms with Crippen molar-refractivity contribution in [2.45, 2.75) is 13.3 Å². The zero-order valence-corrected chi connectivity index (χ0v) is 18.5. The molecule has 160 valence electrons. The molecule has 2 aromatic rings. The van der Waals surface area contributed by atoms with Gasteiger partial charge in [0.1, 0.15) is 12.3 Å². The Morgan fingerprint density at radius 1 is 1.13 bits per heavy atom. The molecule has 0 saturated carbocycles. The number of esters is 1. The summed E-state index contributed by atoms with van der Waals surface area (Å²) < 4.78 is 5.10. The van der Waals surface area contributed by atoms with Crippen LogP contribution in [-0.4, -0.2) is 49.4 Å². The highest BCUT2D eigenvalue weighted by atomic mass is 35.5. The van der Waals surface area contributed by atoms with Crippen LogP contribution in [0.25, 0.3) is 0 Å². The molecule has 1 aliphatic heterocycles. The Labute approximate surface area is 188 Å². The highest BCUT2D eigenvalue weighted by molar-refractivity contribution is 6.35. The van der Waals surface area contributed by atoms with Gasteiger partial charge in [0.15, 0.2) is 0 Å². The van der Waals surface area contributed by atoms with E-state index in [0.717, 1.165) is 24.1 Å². The number of carbonyl (C=O) groups is 1. The Bertz CT molecular complexity index is 885. The molecule has 0 fully saturated rings. The molecular weight excluding hydrogens is 423 g/mol. The van der Waals surface area contributed by atoms with Gasteiger partial charge < -0.3 is 9.57 Å². The van der Waals surface area contributed by atoms with Crippen molar-refractivity contribution in [1.29, 1.82) is 0 Å². The molecule has 0 saturated heterocycles. The van der Waals surface area contributed by atoms with Crippen molar-refractivity contribution in [3.63, 3.8) is 0 Å². The quantitative estimate of drug-likeness (QED) is 0.253. The average Bonchev–Trinajstić information content (AvgIpc) is 2.76. The summed E-state index contributed by atoms with van der Waals surface area (Å²) >= 11 is 6.38. The van der Waals surface area contributed by atoms with Gasteiger partial charge in [0, 0.05) is 36.3 Å². The Kier molecular flexibility index (Phi) is 9.87. The van der Waals surface area contributed by atoms with Crippen molar-refractivity contribution < 1.29 is 14.4 Å². The van der Waals surface area contributed by atoms with Crippen LogP contribution in [-0.2, 0) is 14.4 Å². The summed E-state index contributed by atoms with van der Waals surface area (Å²) in [7, 11) is 0. The summed E-state index contributed by atoms with van der Waals surface area (Å²) in [5.74, 6) is -0.235. The number of hydrogen-bond donors (Lipinski definition) is 0. The smallest absolute Gasteiger partial charge is 0.334 e. The first-order valence-electron chi connectivity index (χ1n) is 9.78. The van der Waals surface area contributed by atoms with Crippen LogP contribution in [0.5, 0.6) is 0 Å². The van der Waals surface area contributed by atoms with Gasteiger partial charge in [0.2, 0.25) is 0 Å². The van der Waals surface area contributed by atoms with E-state index in [1.807, 2.05) is 67.6 Å². The Hall–Kier alpha value is -2.34. The number of nitrogens with zero attached hydrogens (tertiary/aromatic N) is 2. The lowest BCUT2D eigenvalue weighted by molar-refractivity contribution is -0.139. The van der Waals surface area contributed by atoms with Crippen LogP contribution in [0, 0.1) is 0 Å². The topological polar surface area (TPSA) is 51.1 Å². The molecule has 1 aliphatic rings. The molecule has 0 spiro atoms. The van der Waals surface area contributed by atoms with E-state index in [1.165, 1.54) is 0 Å². The van der Waals surface area contributed by atoms with E-state index in [1.54, 1.807) is 0 Å². The van der Waals surface area contributed by atoms with Gasteiger partial charge in [-0.05, 0) is 19.4 Å². The first-order chi connectivity index (χ1) is 14.2. The summed E-state index contributed by atoms with van der Waals surface area (Å²) in [6, 6.07) is 17.4. The fraction of sp³-hybridized carbons (Fsp3) is 0.304. The van der Waals surface area contributed by atoms with Crippen LogP contribution in [0.4, 0.5) is 0 Å². The Morgan fingerprint density at radius 3 is 2.60 bits per heavy atom. The van der Waals surface area contributed by atoms with Crippen LogP contribution in [0.1, 0.15) is 24.5 Å². The van der Waals surface area contributed by atoms with Crippen LogP contribution in [0.3, 0.4) is 0 Å². The summed E-state index contributed by atoms with van der Waals surface area (Å²) in [4.78, 5) is 19.7. The second-order valence-corrected chi connectivity index (χ2v) is 7.04. The maximum atomic E-state index is 11.9. The van der Waals surface area contributed by atoms with E-state index in [9.17, 15) is 4.79 Å². The lowest BCUT2D eigenvalue weighted by Gasteiger charge is -2.25. The number of halogens is 2. The highest BCUT2D eigenvalue weighted by Crippen LogP contribution is 2.20. The third-order valence-corrected chi connectivity index (χ3v) is 4.93. The van der Waals surface area contributed by atoms with E-state index >= 15 is 0 Å². The molecule has 0 amide bonds. The average molecular weight is 449 g/mol. The van der Waals surface area contributed by atoms with E-state index in [0.29, 0.717) is 42.6 Å². The SMILES string of the molecule is CCOC(=O)C1=CCCN(CCON=C(c2ccccc2)c2ccccc2Cl)C1.Cl. The number of oxime groups is 1. The Balaban J connectivity index is 0.00000320. The largest absolute Gasteiger partial charge is 0.463 e. The summed E-state index contributed by atoms with van der Waals surface area (Å²) in [5, 5.41) is 5.02. The zero-order chi connectivity index (χ0) is 20.5. The molecule has 0 aliphatic carbocycles. The van der Waals surface area contributed by atoms with Gasteiger partial charge in [-0.1, -0.05) is 71.4 Å². The fourth-order valence-electron chi connectivity index (χ4n) is 3.16. The molecule has 0 radical (unpaired) electrons. The molecule has 0 N–H and O–H groups in total. The molecule has 0 bridgehead atoms. The fourth-order valence-corrected chi connectivity index (χ4v) is 3.38. The Morgan fingerprint density at radius 2 is 1.87 bits per heavy atom. The minimum Gasteiger partial charge on any atom is -0.463 e. The highest BCUT2D eigenvalue weighted by Gasteiger charge is 2.19. The van der Waals surface area contributed by atoms with Crippen LogP contribution in [0.2, 0.25) is 5.02 Å². The summed E-state index contributed by atoms with van der Waals surface area (Å²) in [6.45, 7) is 4.74. The maximum Gasteiger partial charge on any atom is 0.334 e. The van der Waals surface area contributed by atoms with Crippen molar-refractivity contribution in [3.05, 3.63) is 82.4 Å². The first kappa shape index (κ1) is 23.9. The van der Waals surface area contributed by atoms with E-state index < -0.39 is 0 Å². The lowest BCUT2D eigenvalue weighted by Crippen LogP contribution is -2.35. The second kappa shape index (κ2) is 12.4.